The summed E-state index contributed by atoms with van der Waals surface area (Å²) in [5.74, 6) is -1.98. The summed E-state index contributed by atoms with van der Waals surface area (Å²) in [6.45, 7) is 0. The fourth-order valence-electron chi connectivity index (χ4n) is 0.816. The molecule has 0 aliphatic heterocycles. The number of hydrogen-bond acceptors (Lipinski definition) is 4. The molecular formula is C8H6ClNO4. The predicted molar refractivity (Wildman–Crippen MR) is 47.5 cm³/mol. The molecule has 0 spiro atoms. The highest BCUT2D eigenvalue weighted by Crippen LogP contribution is 2.12. The van der Waals surface area contributed by atoms with E-state index in [1.165, 1.54) is 13.2 Å². The van der Waals surface area contributed by atoms with Crippen molar-refractivity contribution in [1.29, 1.82) is 0 Å². The molecule has 1 heterocycles. The lowest BCUT2D eigenvalue weighted by Gasteiger charge is -2.00. The highest BCUT2D eigenvalue weighted by Gasteiger charge is 2.13. The van der Waals surface area contributed by atoms with Crippen LogP contribution in [0.1, 0.15) is 21.0 Å². The number of methoxy groups -OCH3 is 1. The molecule has 0 aliphatic rings. The number of pyridine rings is 1. The highest BCUT2D eigenvalue weighted by atomic mass is 35.5. The summed E-state index contributed by atoms with van der Waals surface area (Å²) in [5.41, 5.74) is -0.421. The van der Waals surface area contributed by atoms with E-state index in [9.17, 15) is 9.59 Å². The van der Waals surface area contributed by atoms with Crippen molar-refractivity contribution in [1.82, 2.24) is 4.98 Å². The molecule has 14 heavy (non-hydrogen) atoms. The zero-order chi connectivity index (χ0) is 10.7. The van der Waals surface area contributed by atoms with Gasteiger partial charge in [0.1, 0.15) is 0 Å². The summed E-state index contributed by atoms with van der Waals surface area (Å²) in [6.07, 6.45) is 0. The standard InChI is InChI=1S/C8H6ClNO4/c1-14-8(13)6-3-4(9)2-5(10-6)7(11)12/h2-3H,1H3,(H,11,12). The molecule has 0 radical (unpaired) electrons. The summed E-state index contributed by atoms with van der Waals surface area (Å²) in [5, 5.41) is 8.74. The molecule has 6 heteroatoms. The third kappa shape index (κ3) is 2.20. The third-order valence-electron chi connectivity index (χ3n) is 1.40. The van der Waals surface area contributed by atoms with Crippen LogP contribution in [0.2, 0.25) is 5.02 Å². The molecule has 0 bridgehead atoms. The molecule has 1 aromatic rings. The maximum absolute atomic E-state index is 11.0. The van der Waals surface area contributed by atoms with Crippen LogP contribution in [0.4, 0.5) is 0 Å². The first kappa shape index (κ1) is 10.5. The Labute approximate surface area is 84.3 Å². The number of carboxylic acids is 1. The molecule has 0 atom stereocenters. The van der Waals surface area contributed by atoms with E-state index in [2.05, 4.69) is 9.72 Å². The molecule has 0 saturated heterocycles. The van der Waals surface area contributed by atoms with Crippen LogP contribution in [0, 0.1) is 0 Å². The van der Waals surface area contributed by atoms with Crippen LogP contribution in [0.25, 0.3) is 0 Å². The maximum Gasteiger partial charge on any atom is 0.356 e. The first-order valence-corrected chi connectivity index (χ1v) is 3.91. The first-order chi connectivity index (χ1) is 6.54. The quantitative estimate of drug-likeness (QED) is 0.751. The normalized spacial score (nSPS) is 9.57. The molecule has 0 amide bonds. The topological polar surface area (TPSA) is 76.5 Å². The van der Waals surface area contributed by atoms with Gasteiger partial charge in [0.2, 0.25) is 0 Å². The summed E-state index contributed by atoms with van der Waals surface area (Å²) in [7, 11) is 1.17. The average Bonchev–Trinajstić information content (AvgIpc) is 2.15. The van der Waals surface area contributed by atoms with E-state index in [1.54, 1.807) is 0 Å². The minimum absolute atomic E-state index is 0.123. The van der Waals surface area contributed by atoms with Crippen LogP contribution in [0.15, 0.2) is 12.1 Å². The Morgan fingerprint density at radius 2 is 2.00 bits per heavy atom. The van der Waals surface area contributed by atoms with E-state index in [0.29, 0.717) is 0 Å². The fraction of sp³-hybridized carbons (Fsp3) is 0.125. The van der Waals surface area contributed by atoms with E-state index in [0.717, 1.165) is 6.07 Å². The number of carbonyl (C=O) groups is 2. The zero-order valence-electron chi connectivity index (χ0n) is 7.15. The van der Waals surface area contributed by atoms with Gasteiger partial charge in [-0.05, 0) is 12.1 Å². The van der Waals surface area contributed by atoms with Gasteiger partial charge in [-0.25, -0.2) is 14.6 Å². The largest absolute Gasteiger partial charge is 0.477 e. The van der Waals surface area contributed by atoms with Gasteiger partial charge in [0.05, 0.1) is 7.11 Å². The number of hydrogen-bond donors (Lipinski definition) is 1. The summed E-state index contributed by atoms with van der Waals surface area (Å²) >= 11 is 5.58. The second kappa shape index (κ2) is 4.06. The van der Waals surface area contributed by atoms with Crippen molar-refractivity contribution in [2.24, 2.45) is 0 Å². The summed E-state index contributed by atoms with van der Waals surface area (Å²) in [6, 6.07) is 2.39. The molecular weight excluding hydrogens is 210 g/mol. The van der Waals surface area contributed by atoms with Gasteiger partial charge < -0.3 is 9.84 Å². The molecule has 0 fully saturated rings. The number of carboxylic acid groups (broad SMARTS) is 1. The number of halogens is 1. The van der Waals surface area contributed by atoms with Crippen LogP contribution in [0.3, 0.4) is 0 Å². The van der Waals surface area contributed by atoms with Crippen LogP contribution in [0.5, 0.6) is 0 Å². The molecule has 1 rings (SSSR count). The van der Waals surface area contributed by atoms with Gasteiger partial charge in [0.15, 0.2) is 11.4 Å². The first-order valence-electron chi connectivity index (χ1n) is 3.54. The Bertz CT molecular complexity index is 391. The van der Waals surface area contributed by atoms with Crippen LogP contribution in [-0.4, -0.2) is 29.1 Å². The van der Waals surface area contributed by atoms with Crippen molar-refractivity contribution < 1.29 is 19.4 Å². The SMILES string of the molecule is COC(=O)c1cc(Cl)cc(C(=O)O)n1. The molecule has 0 saturated carbocycles. The van der Waals surface area contributed by atoms with Gasteiger partial charge >= 0.3 is 11.9 Å². The van der Waals surface area contributed by atoms with Gasteiger partial charge in [-0.3, -0.25) is 0 Å². The Morgan fingerprint density at radius 1 is 1.43 bits per heavy atom. The van der Waals surface area contributed by atoms with Gasteiger partial charge in [0.25, 0.3) is 0 Å². The molecule has 74 valence electrons. The number of nitrogens with zero attached hydrogens (tertiary/aromatic N) is 1. The molecule has 0 aromatic carbocycles. The van der Waals surface area contributed by atoms with Gasteiger partial charge in [-0.15, -0.1) is 0 Å². The second-order valence-corrected chi connectivity index (χ2v) is 2.79. The second-order valence-electron chi connectivity index (χ2n) is 2.35. The molecule has 0 unspecified atom stereocenters. The Balaban J connectivity index is 3.20. The van der Waals surface area contributed by atoms with Crippen LogP contribution < -0.4 is 0 Å². The monoisotopic (exact) mass is 215 g/mol. The predicted octanol–water partition coefficient (Wildman–Crippen LogP) is 1.22. The lowest BCUT2D eigenvalue weighted by molar-refractivity contribution is 0.0593. The Morgan fingerprint density at radius 3 is 2.50 bits per heavy atom. The number of carbonyl (C=O) groups excluding carboxylic acids is 1. The zero-order valence-corrected chi connectivity index (χ0v) is 7.91. The van der Waals surface area contributed by atoms with Crippen molar-refractivity contribution >= 4 is 23.5 Å². The minimum Gasteiger partial charge on any atom is -0.477 e. The fourth-order valence-corrected chi connectivity index (χ4v) is 1.02. The van der Waals surface area contributed by atoms with E-state index < -0.39 is 11.9 Å². The van der Waals surface area contributed by atoms with Gasteiger partial charge in [-0.2, -0.15) is 0 Å². The maximum atomic E-state index is 11.0. The van der Waals surface area contributed by atoms with Gasteiger partial charge in [-0.1, -0.05) is 11.6 Å². The van der Waals surface area contributed by atoms with E-state index >= 15 is 0 Å². The Kier molecular flexibility index (Phi) is 3.03. The Hall–Kier alpha value is -1.62. The van der Waals surface area contributed by atoms with Crippen LogP contribution >= 0.6 is 11.6 Å². The molecule has 0 aliphatic carbocycles. The number of esters is 1. The number of aromatic carboxylic acids is 1. The van der Waals surface area contributed by atoms with E-state index in [4.69, 9.17) is 16.7 Å². The van der Waals surface area contributed by atoms with Crippen molar-refractivity contribution in [3.8, 4) is 0 Å². The van der Waals surface area contributed by atoms with Crippen molar-refractivity contribution in [3.05, 3.63) is 28.5 Å². The number of ether oxygens (including phenoxy) is 1. The molecule has 1 N–H and O–H groups in total. The third-order valence-corrected chi connectivity index (χ3v) is 1.62. The van der Waals surface area contributed by atoms with Gasteiger partial charge in [0, 0.05) is 5.02 Å². The lowest BCUT2D eigenvalue weighted by atomic mass is 10.3. The van der Waals surface area contributed by atoms with E-state index in [1.807, 2.05) is 0 Å². The van der Waals surface area contributed by atoms with Crippen molar-refractivity contribution in [2.45, 2.75) is 0 Å². The highest BCUT2D eigenvalue weighted by molar-refractivity contribution is 6.31. The number of aromatic nitrogens is 1. The van der Waals surface area contributed by atoms with Crippen LogP contribution in [-0.2, 0) is 4.74 Å². The summed E-state index contributed by atoms with van der Waals surface area (Å²) in [4.78, 5) is 25.1. The molecule has 1 aromatic heterocycles. The van der Waals surface area contributed by atoms with E-state index in [-0.39, 0.29) is 16.4 Å². The molecule has 5 nitrogen and oxygen atoms in total. The average molecular weight is 216 g/mol. The van der Waals surface area contributed by atoms with Crippen molar-refractivity contribution in [2.75, 3.05) is 7.11 Å². The number of rotatable bonds is 2. The minimum atomic E-state index is -1.25. The summed E-state index contributed by atoms with van der Waals surface area (Å²) < 4.78 is 4.37. The van der Waals surface area contributed by atoms with Crippen molar-refractivity contribution in [3.63, 3.8) is 0 Å². The lowest BCUT2D eigenvalue weighted by Crippen LogP contribution is -2.09. The smallest absolute Gasteiger partial charge is 0.356 e.